The van der Waals surface area contributed by atoms with Crippen LogP contribution in [0.1, 0.15) is 15.9 Å². The van der Waals surface area contributed by atoms with E-state index in [4.69, 9.17) is 33.2 Å². The molecule has 0 aromatic heterocycles. The molecule has 0 heterocycles. The van der Waals surface area contributed by atoms with Crippen LogP contribution in [0.3, 0.4) is 0 Å². The Bertz CT molecular complexity index is 978. The Balaban J connectivity index is 1.68. The Morgan fingerprint density at radius 1 is 0.923 bits per heavy atom. The van der Waals surface area contributed by atoms with Gasteiger partial charge in [0, 0.05) is 10.6 Å². The monoisotopic (exact) mass is 382 g/mol. The smallest absolute Gasteiger partial charge is 0.255 e. The van der Waals surface area contributed by atoms with Crippen LogP contribution in [0.25, 0.3) is 0 Å². The number of nitrogens with one attached hydrogen (secondary N) is 1. The molecule has 0 unspecified atom stereocenters. The Morgan fingerprint density at radius 3 is 2.12 bits per heavy atom. The van der Waals surface area contributed by atoms with Crippen LogP contribution in [0, 0.1) is 11.3 Å². The van der Waals surface area contributed by atoms with Gasteiger partial charge in [-0.15, -0.1) is 0 Å². The third kappa shape index (κ3) is 4.34. The predicted octanol–water partition coefficient (Wildman–Crippen LogP) is 5.91. The van der Waals surface area contributed by atoms with E-state index in [-0.39, 0.29) is 5.91 Å². The summed E-state index contributed by atoms with van der Waals surface area (Å²) in [5, 5.41) is 12.4. The van der Waals surface area contributed by atoms with Crippen molar-refractivity contribution in [3.8, 4) is 17.6 Å². The van der Waals surface area contributed by atoms with E-state index in [1.807, 2.05) is 6.07 Å². The summed E-state index contributed by atoms with van der Waals surface area (Å²) in [6, 6.07) is 20.4. The zero-order valence-corrected chi connectivity index (χ0v) is 14.9. The van der Waals surface area contributed by atoms with Crippen LogP contribution in [0.5, 0.6) is 11.5 Å². The molecule has 6 heteroatoms. The van der Waals surface area contributed by atoms with Gasteiger partial charge in [0.15, 0.2) is 0 Å². The second-order valence-electron chi connectivity index (χ2n) is 5.34. The quantitative estimate of drug-likeness (QED) is 0.609. The van der Waals surface area contributed by atoms with E-state index in [1.54, 1.807) is 66.7 Å². The topological polar surface area (TPSA) is 62.1 Å². The van der Waals surface area contributed by atoms with Crippen LogP contribution in [-0.2, 0) is 0 Å². The molecule has 0 spiro atoms. The molecule has 0 aliphatic heterocycles. The Kier molecular flexibility index (Phi) is 5.43. The Morgan fingerprint density at radius 2 is 1.54 bits per heavy atom. The lowest BCUT2D eigenvalue weighted by atomic mass is 10.2. The highest BCUT2D eigenvalue weighted by Crippen LogP contribution is 2.26. The largest absolute Gasteiger partial charge is 0.457 e. The number of amides is 1. The summed E-state index contributed by atoms with van der Waals surface area (Å²) in [4.78, 5) is 12.3. The van der Waals surface area contributed by atoms with Gasteiger partial charge in [-0.25, -0.2) is 0 Å². The van der Waals surface area contributed by atoms with Crippen molar-refractivity contribution in [1.82, 2.24) is 0 Å². The normalized spacial score (nSPS) is 10.0. The van der Waals surface area contributed by atoms with Gasteiger partial charge in [0.1, 0.15) is 11.5 Å². The maximum Gasteiger partial charge on any atom is 0.255 e. The maximum absolute atomic E-state index is 12.3. The maximum atomic E-state index is 12.3. The number of hydrogen-bond acceptors (Lipinski definition) is 3. The first-order valence-corrected chi connectivity index (χ1v) is 8.35. The number of carbonyl (C=O) groups excluding carboxylic acids is 1. The summed E-state index contributed by atoms with van der Waals surface area (Å²) in [6.07, 6.45) is 0. The zero-order chi connectivity index (χ0) is 18.5. The van der Waals surface area contributed by atoms with Crippen LogP contribution < -0.4 is 10.1 Å². The summed E-state index contributed by atoms with van der Waals surface area (Å²) in [5.41, 5.74) is 1.51. The number of halogens is 2. The standard InChI is InChI=1S/C20H12Cl2N2O2/c21-15-5-10-19(18(22)11-15)24-20(25)14-3-8-17(9-4-14)26-16-6-1-13(12-23)2-7-16/h1-11H,(H,24,25). The van der Waals surface area contributed by atoms with Crippen molar-refractivity contribution in [1.29, 1.82) is 5.26 Å². The van der Waals surface area contributed by atoms with Gasteiger partial charge in [-0.1, -0.05) is 23.2 Å². The molecule has 3 aromatic rings. The zero-order valence-electron chi connectivity index (χ0n) is 13.4. The molecule has 1 N–H and O–H groups in total. The minimum atomic E-state index is -0.292. The van der Waals surface area contributed by atoms with E-state index < -0.39 is 0 Å². The third-order valence-electron chi connectivity index (χ3n) is 3.51. The first kappa shape index (κ1) is 17.8. The molecule has 0 atom stereocenters. The second-order valence-corrected chi connectivity index (χ2v) is 6.18. The lowest BCUT2D eigenvalue weighted by Crippen LogP contribution is -2.12. The molecular formula is C20H12Cl2N2O2. The van der Waals surface area contributed by atoms with Gasteiger partial charge in [-0.05, 0) is 66.7 Å². The molecule has 3 aromatic carbocycles. The third-order valence-corrected chi connectivity index (χ3v) is 4.06. The van der Waals surface area contributed by atoms with Gasteiger partial charge in [-0.3, -0.25) is 4.79 Å². The number of anilines is 1. The summed E-state index contributed by atoms with van der Waals surface area (Å²) in [7, 11) is 0. The molecular weight excluding hydrogens is 371 g/mol. The molecule has 1 amide bonds. The highest BCUT2D eigenvalue weighted by molar-refractivity contribution is 6.36. The minimum Gasteiger partial charge on any atom is -0.457 e. The molecule has 0 radical (unpaired) electrons. The lowest BCUT2D eigenvalue weighted by Gasteiger charge is -2.09. The highest BCUT2D eigenvalue weighted by Gasteiger charge is 2.09. The van der Waals surface area contributed by atoms with Crippen LogP contribution >= 0.6 is 23.2 Å². The van der Waals surface area contributed by atoms with E-state index >= 15 is 0 Å². The van der Waals surface area contributed by atoms with Gasteiger partial charge in [0.2, 0.25) is 0 Å². The van der Waals surface area contributed by atoms with E-state index in [1.165, 1.54) is 0 Å². The van der Waals surface area contributed by atoms with Gasteiger partial charge in [0.05, 0.1) is 22.3 Å². The summed E-state index contributed by atoms with van der Waals surface area (Å²) >= 11 is 11.9. The molecule has 0 saturated carbocycles. The van der Waals surface area contributed by atoms with Crippen LogP contribution in [0.2, 0.25) is 10.0 Å². The Labute approximate surface area is 160 Å². The molecule has 3 rings (SSSR count). The van der Waals surface area contributed by atoms with E-state index in [9.17, 15) is 4.79 Å². The van der Waals surface area contributed by atoms with E-state index in [0.29, 0.717) is 38.4 Å². The number of benzene rings is 3. The average Bonchev–Trinajstić information content (AvgIpc) is 2.65. The molecule has 128 valence electrons. The number of ether oxygens (including phenoxy) is 1. The fourth-order valence-corrected chi connectivity index (χ4v) is 2.65. The van der Waals surface area contributed by atoms with Gasteiger partial charge >= 0.3 is 0 Å². The summed E-state index contributed by atoms with van der Waals surface area (Å²) in [5.74, 6) is 0.893. The van der Waals surface area contributed by atoms with Crippen LogP contribution in [-0.4, -0.2) is 5.91 Å². The first-order chi connectivity index (χ1) is 12.5. The highest BCUT2D eigenvalue weighted by atomic mass is 35.5. The van der Waals surface area contributed by atoms with Crippen molar-refractivity contribution in [3.63, 3.8) is 0 Å². The summed E-state index contributed by atoms with van der Waals surface area (Å²) < 4.78 is 5.69. The van der Waals surface area contributed by atoms with Crippen molar-refractivity contribution in [2.24, 2.45) is 0 Å². The molecule has 0 aliphatic rings. The summed E-state index contributed by atoms with van der Waals surface area (Å²) in [6.45, 7) is 0. The van der Waals surface area contributed by atoms with Gasteiger partial charge in [-0.2, -0.15) is 5.26 Å². The van der Waals surface area contributed by atoms with E-state index in [2.05, 4.69) is 5.32 Å². The minimum absolute atomic E-state index is 0.292. The number of nitrogens with zero attached hydrogens (tertiary/aromatic N) is 1. The van der Waals surface area contributed by atoms with Crippen molar-refractivity contribution < 1.29 is 9.53 Å². The number of rotatable bonds is 4. The van der Waals surface area contributed by atoms with Gasteiger partial charge < -0.3 is 10.1 Å². The van der Waals surface area contributed by atoms with Crippen molar-refractivity contribution in [3.05, 3.63) is 87.9 Å². The van der Waals surface area contributed by atoms with Crippen molar-refractivity contribution in [2.75, 3.05) is 5.32 Å². The fraction of sp³-hybridized carbons (Fsp3) is 0. The number of hydrogen-bond donors (Lipinski definition) is 1. The SMILES string of the molecule is N#Cc1ccc(Oc2ccc(C(=O)Nc3ccc(Cl)cc3Cl)cc2)cc1. The molecule has 0 aliphatic carbocycles. The molecule has 0 fully saturated rings. The number of carbonyl (C=O) groups is 1. The van der Waals surface area contributed by atoms with Crippen LogP contribution in [0.4, 0.5) is 5.69 Å². The number of nitriles is 1. The van der Waals surface area contributed by atoms with Crippen LogP contribution in [0.15, 0.2) is 66.7 Å². The fourth-order valence-electron chi connectivity index (χ4n) is 2.19. The van der Waals surface area contributed by atoms with Crippen molar-refractivity contribution in [2.45, 2.75) is 0 Å². The molecule has 0 bridgehead atoms. The molecule has 26 heavy (non-hydrogen) atoms. The lowest BCUT2D eigenvalue weighted by molar-refractivity contribution is 0.102. The molecule has 4 nitrogen and oxygen atoms in total. The average molecular weight is 383 g/mol. The first-order valence-electron chi connectivity index (χ1n) is 7.59. The second kappa shape index (κ2) is 7.92. The Hall–Kier alpha value is -3.00. The van der Waals surface area contributed by atoms with E-state index in [0.717, 1.165) is 0 Å². The predicted molar refractivity (Wildman–Crippen MR) is 102 cm³/mol. The van der Waals surface area contributed by atoms with Crippen molar-refractivity contribution >= 4 is 34.8 Å². The van der Waals surface area contributed by atoms with Gasteiger partial charge in [0.25, 0.3) is 5.91 Å². The molecule has 0 saturated heterocycles.